The summed E-state index contributed by atoms with van der Waals surface area (Å²) < 4.78 is 10.6. The van der Waals surface area contributed by atoms with Gasteiger partial charge in [-0.15, -0.1) is 111 Å². The van der Waals surface area contributed by atoms with Gasteiger partial charge in [0.25, 0.3) is 0 Å². The van der Waals surface area contributed by atoms with Crippen molar-refractivity contribution in [1.29, 1.82) is 0 Å². The van der Waals surface area contributed by atoms with E-state index < -0.39 is 0 Å². The minimum Gasteiger partial charge on any atom is -0.444 e. The summed E-state index contributed by atoms with van der Waals surface area (Å²) >= 11 is 13.1. The molecule has 2 aliphatic carbocycles. The van der Waals surface area contributed by atoms with Crippen LogP contribution in [0.4, 0.5) is 0 Å². The van der Waals surface area contributed by atoms with Crippen LogP contribution in [-0.4, -0.2) is 190 Å². The molecule has 8 aliphatic rings. The molecule has 18 rings (SSSR count). The quantitative estimate of drug-likeness (QED) is 0.0465. The van der Waals surface area contributed by atoms with Crippen molar-refractivity contribution >= 4 is 126 Å². The van der Waals surface area contributed by atoms with Crippen LogP contribution in [0.1, 0.15) is 159 Å². The number of allylic oxidation sites excluding steroid dienone is 5. The van der Waals surface area contributed by atoms with Crippen molar-refractivity contribution in [3.05, 3.63) is 236 Å². The Balaban J connectivity index is 0.000000125. The number of likely N-dealkylation sites (N-methyl/N-ethyl adjacent to an activating group) is 6. The van der Waals surface area contributed by atoms with Crippen molar-refractivity contribution < 1.29 is 37.6 Å². The number of carbonyl (C=O) groups excluding carboxylic acids is 6. The smallest absolute Gasteiger partial charge is 0.245 e. The Bertz CT molecular complexity index is 5040. The maximum atomic E-state index is 12.9. The number of nitrogens with zero attached hydrogens (tertiary/aromatic N) is 12. The van der Waals surface area contributed by atoms with Gasteiger partial charge < -0.3 is 70.1 Å². The first-order valence-corrected chi connectivity index (χ1v) is 47.2. The molecule has 10 aromatic rings. The Morgan fingerprint density at radius 1 is 0.442 bits per heavy atom. The lowest BCUT2D eigenvalue weighted by molar-refractivity contribution is -0.134. The van der Waals surface area contributed by atoms with Gasteiger partial charge in [0.2, 0.25) is 47.7 Å². The van der Waals surface area contributed by atoms with Gasteiger partial charge in [0.1, 0.15) is 52.5 Å². The highest BCUT2D eigenvalue weighted by Gasteiger charge is 2.39. The molecule has 0 bridgehead atoms. The first-order valence-electron chi connectivity index (χ1n) is 40.3. The van der Waals surface area contributed by atoms with Crippen LogP contribution in [0.2, 0.25) is 0 Å². The van der Waals surface area contributed by atoms with E-state index in [4.69, 9.17) is 8.83 Å². The molecule has 0 fully saturated rings. The fourth-order valence-corrected chi connectivity index (χ4v) is 23.5. The lowest BCUT2D eigenvalue weighted by Gasteiger charge is -2.29. The number of oxazole rings is 1. The molecule has 34 heteroatoms. The molecule has 6 atom stereocenters. The SMILES string of the molecule is CNC1C(=O)N(CC2=CC(C)(C)C=C2)CCc2ccsc21.CNC1C(=O)N(CC2=CC=CC2(C)C)CCc2ccsc21.CNC1C(=O)N(Cc2cnc(C)o2)CCc2ccsc21.CNC1C(=O)N(Cc2cnc(C)s2)CCc2ccsc21.CNC1C(=O)N(Cc2nnco2)CCc2ccsc21.CNC1C(=O)N(Cc2nncs2)CCc2ccsc21. The number of aryl methyl sites for hydroxylation is 2. The van der Waals surface area contributed by atoms with E-state index in [1.165, 1.54) is 76.9 Å². The second kappa shape index (κ2) is 41.0. The average Bonchev–Trinajstić information content (AvgIpc) is 2.41. The lowest BCUT2D eigenvalue weighted by atomic mass is 9.87. The van der Waals surface area contributed by atoms with Crippen LogP contribution >= 0.6 is 90.7 Å². The Morgan fingerprint density at radius 2 is 0.833 bits per heavy atom. The molecule has 6 unspecified atom stereocenters. The Hall–Kier alpha value is -8.72. The number of hydrogen-bond acceptors (Lipinski definition) is 28. The molecule has 6 amide bonds. The predicted octanol–water partition coefficient (Wildman–Crippen LogP) is 12.5. The summed E-state index contributed by atoms with van der Waals surface area (Å²) in [6.07, 6.45) is 23.4. The van der Waals surface area contributed by atoms with Gasteiger partial charge in [0.05, 0.1) is 37.4 Å². The van der Waals surface area contributed by atoms with Gasteiger partial charge in [0, 0.05) is 110 Å². The van der Waals surface area contributed by atoms with E-state index in [0.717, 1.165) is 107 Å². The first-order chi connectivity index (χ1) is 58.0. The predicted molar refractivity (Wildman–Crippen MR) is 478 cm³/mol. The highest BCUT2D eigenvalue weighted by atomic mass is 32.1. The summed E-state index contributed by atoms with van der Waals surface area (Å²) in [5, 5.41) is 48.5. The molecule has 16 heterocycles. The third-order valence-electron chi connectivity index (χ3n) is 22.4. The molecule has 0 aromatic carbocycles. The van der Waals surface area contributed by atoms with Crippen LogP contribution < -0.4 is 31.9 Å². The first kappa shape index (κ1) is 89.0. The van der Waals surface area contributed by atoms with Crippen molar-refractivity contribution in [2.24, 2.45) is 10.8 Å². The largest absolute Gasteiger partial charge is 0.444 e. The number of amides is 6. The second-order valence-corrected chi connectivity index (χ2v) is 39.2. The summed E-state index contributed by atoms with van der Waals surface area (Å²) in [4.78, 5) is 104. The summed E-state index contributed by atoms with van der Waals surface area (Å²) in [6.45, 7) is 20.6. The Labute approximate surface area is 733 Å². The molecule has 26 nitrogen and oxygen atoms in total. The molecule has 10 aromatic heterocycles. The van der Waals surface area contributed by atoms with Gasteiger partial charge in [-0.2, -0.15) is 0 Å². The van der Waals surface area contributed by atoms with Crippen LogP contribution in [-0.2, 0) is 93.5 Å². The Morgan fingerprint density at radius 3 is 1.16 bits per heavy atom. The number of rotatable bonds is 18. The number of aromatic nitrogens is 6. The third kappa shape index (κ3) is 21.3. The van der Waals surface area contributed by atoms with Crippen molar-refractivity contribution in [2.75, 3.05) is 94.6 Å². The zero-order valence-corrected chi connectivity index (χ0v) is 76.3. The van der Waals surface area contributed by atoms with E-state index in [1.54, 1.807) is 96.0 Å². The summed E-state index contributed by atoms with van der Waals surface area (Å²) in [5.41, 5.74) is 12.1. The van der Waals surface area contributed by atoms with Gasteiger partial charge in [-0.25, -0.2) is 9.97 Å². The summed E-state index contributed by atoms with van der Waals surface area (Å²) in [5.74, 6) is 2.67. The number of carbonyl (C=O) groups is 6. The third-order valence-corrected chi connectivity index (χ3v) is 30.1. The number of thiophene rings is 6. The topological polar surface area (TPSA) is 298 Å². The molecule has 0 radical (unpaired) electrons. The maximum absolute atomic E-state index is 12.9. The van der Waals surface area contributed by atoms with Crippen LogP contribution in [0.5, 0.6) is 0 Å². The molecule has 120 heavy (non-hydrogen) atoms. The average molecular weight is 1780 g/mol. The van der Waals surface area contributed by atoms with Crippen molar-refractivity contribution in [1.82, 2.24) is 91.7 Å². The van der Waals surface area contributed by atoms with Crippen molar-refractivity contribution in [2.45, 2.75) is 142 Å². The van der Waals surface area contributed by atoms with Gasteiger partial charge in [-0.1, -0.05) is 64.2 Å². The van der Waals surface area contributed by atoms with Crippen LogP contribution in [0.25, 0.3) is 0 Å². The molecule has 0 saturated heterocycles. The summed E-state index contributed by atoms with van der Waals surface area (Å²) in [6, 6.07) is 11.4. The fraction of sp³-hybridized carbons (Fsp3) is 0.442. The summed E-state index contributed by atoms with van der Waals surface area (Å²) in [7, 11) is 11.1. The van der Waals surface area contributed by atoms with E-state index >= 15 is 0 Å². The van der Waals surface area contributed by atoms with Gasteiger partial charge in [-0.3, -0.25) is 28.8 Å². The fourth-order valence-electron chi connectivity index (χ4n) is 15.9. The van der Waals surface area contributed by atoms with Gasteiger partial charge in [-0.05, 0) is 201 Å². The monoisotopic (exact) mass is 1770 g/mol. The van der Waals surface area contributed by atoms with Crippen LogP contribution in [0.15, 0.2) is 149 Å². The standard InChI is InChI=1S/2C17H22N2OS.C14H17N3O2S.C14H17N3OS2.C12H14N4O2S.C12H14N4OS2/c1-17(2)7-4-12(10-17)11-19-8-5-13-6-9-21-15(13)14(18-3)16(19)20;1-17(2)8-4-5-13(17)11-19-9-6-12-7-10-21-15(12)14(18-3)16(19)20;1-9-16-7-11(19-9)8-17-5-3-10-4-6-20-13(10)12(15-2)14(17)18;1-9-16-7-11(20-9)8-17-5-3-10-4-6-19-13(10)12(15-2)14(17)18;1-13-10-11-8(3-5-19-11)2-4-16(12(10)17)6-9-15-14-7-18-9;1-13-10-11-8(3-5-18-11)2-4-16(12(10)17)6-9-15-14-7-19-9/h4,6-7,9-10,14,18H,5,8,11H2,1-3H3;4-5,7-8,10,14,18H,6,9,11H2,1-3H3;2*4,6-7,12,15H,3,5,8H2,1-2H3;2*3,5,7,10,13H,2,4,6H2,1H3. The lowest BCUT2D eigenvalue weighted by Crippen LogP contribution is -2.41. The van der Waals surface area contributed by atoms with Crippen molar-refractivity contribution in [3.63, 3.8) is 0 Å². The number of thiazole rings is 1. The molecular weight excluding hydrogens is 1670 g/mol. The molecular formula is C86H106N18O8S8. The van der Waals surface area contributed by atoms with E-state index in [1.807, 2.05) is 92.2 Å². The normalized spacial score (nSPS) is 20.8. The molecule has 6 aliphatic heterocycles. The number of fused-ring (bicyclic) bond motifs is 6. The van der Waals surface area contributed by atoms with E-state index in [0.29, 0.717) is 57.6 Å². The zero-order chi connectivity index (χ0) is 84.8. The minimum atomic E-state index is -0.277. The van der Waals surface area contributed by atoms with Gasteiger partial charge >= 0.3 is 0 Å². The zero-order valence-electron chi connectivity index (χ0n) is 69.8. The molecule has 636 valence electrons. The van der Waals surface area contributed by atoms with E-state index in [-0.39, 0.29) is 82.5 Å². The highest BCUT2D eigenvalue weighted by molar-refractivity contribution is 7.12. The number of nitrogens with one attached hydrogen (secondary N) is 6. The second-order valence-electron chi connectivity index (χ2n) is 31.3. The molecule has 6 N–H and O–H groups in total. The maximum Gasteiger partial charge on any atom is 0.245 e. The van der Waals surface area contributed by atoms with E-state index in [9.17, 15) is 28.8 Å². The van der Waals surface area contributed by atoms with Crippen LogP contribution in [0.3, 0.4) is 0 Å². The van der Waals surface area contributed by atoms with E-state index in [2.05, 4.69) is 190 Å². The van der Waals surface area contributed by atoms with Crippen molar-refractivity contribution in [3.8, 4) is 0 Å². The molecule has 0 spiro atoms. The minimum absolute atomic E-state index is 0.0573. The van der Waals surface area contributed by atoms with Gasteiger partial charge in [0.15, 0.2) is 5.89 Å². The molecule has 0 saturated carbocycles. The number of hydrogen-bond donors (Lipinski definition) is 6. The highest BCUT2D eigenvalue weighted by Crippen LogP contribution is 2.39. The Kier molecular flexibility index (Phi) is 30.4. The van der Waals surface area contributed by atoms with Crippen LogP contribution in [0, 0.1) is 24.7 Å².